The standard InChI is InChI=1S/C18H12N2O/c19-13-15-7-4-12-20-17(15)10-8-16-9-11-18(21-16)14-5-2-1-3-6-14/h1-12H/b10-8+. The summed E-state index contributed by atoms with van der Waals surface area (Å²) in [6.45, 7) is 0. The van der Waals surface area contributed by atoms with Crippen LogP contribution in [0.2, 0.25) is 0 Å². The van der Waals surface area contributed by atoms with Crippen LogP contribution in [0.1, 0.15) is 17.0 Å². The van der Waals surface area contributed by atoms with Gasteiger partial charge < -0.3 is 4.42 Å². The molecule has 0 radical (unpaired) electrons. The maximum absolute atomic E-state index is 9.02. The second-order valence-electron chi connectivity index (χ2n) is 4.45. The molecule has 21 heavy (non-hydrogen) atoms. The predicted molar refractivity (Wildman–Crippen MR) is 82.0 cm³/mol. The number of furan rings is 1. The van der Waals surface area contributed by atoms with Crippen LogP contribution in [0.5, 0.6) is 0 Å². The molecule has 0 spiro atoms. The molecule has 3 aromatic rings. The Morgan fingerprint density at radius 2 is 1.81 bits per heavy atom. The summed E-state index contributed by atoms with van der Waals surface area (Å²) in [5, 5.41) is 9.02. The maximum atomic E-state index is 9.02. The number of aromatic nitrogens is 1. The zero-order chi connectivity index (χ0) is 14.5. The summed E-state index contributed by atoms with van der Waals surface area (Å²) in [7, 11) is 0. The Morgan fingerprint density at radius 3 is 2.62 bits per heavy atom. The van der Waals surface area contributed by atoms with Crippen molar-refractivity contribution in [1.29, 1.82) is 5.26 Å². The lowest BCUT2D eigenvalue weighted by Gasteiger charge is -1.95. The molecule has 0 unspecified atom stereocenters. The highest BCUT2D eigenvalue weighted by molar-refractivity contribution is 5.70. The normalized spacial score (nSPS) is 10.6. The van der Waals surface area contributed by atoms with Gasteiger partial charge in [-0.25, -0.2) is 0 Å². The smallest absolute Gasteiger partial charge is 0.134 e. The van der Waals surface area contributed by atoms with Crippen molar-refractivity contribution in [3.63, 3.8) is 0 Å². The number of pyridine rings is 1. The first-order valence-corrected chi connectivity index (χ1v) is 6.55. The van der Waals surface area contributed by atoms with Crippen molar-refractivity contribution >= 4 is 12.2 Å². The SMILES string of the molecule is N#Cc1cccnc1/C=C/c1ccc(-c2ccccc2)o1. The van der Waals surface area contributed by atoms with E-state index in [-0.39, 0.29) is 0 Å². The van der Waals surface area contributed by atoms with Gasteiger partial charge in [-0.3, -0.25) is 4.98 Å². The minimum absolute atomic E-state index is 0.545. The predicted octanol–water partition coefficient (Wildman–Crippen LogP) is 4.38. The van der Waals surface area contributed by atoms with Gasteiger partial charge in [0.1, 0.15) is 17.6 Å². The van der Waals surface area contributed by atoms with E-state index >= 15 is 0 Å². The highest BCUT2D eigenvalue weighted by atomic mass is 16.3. The van der Waals surface area contributed by atoms with Crippen molar-refractivity contribution in [2.45, 2.75) is 0 Å². The van der Waals surface area contributed by atoms with E-state index in [0.717, 1.165) is 17.1 Å². The fourth-order valence-electron chi connectivity index (χ4n) is 2.01. The molecule has 0 N–H and O–H groups in total. The fraction of sp³-hybridized carbons (Fsp3) is 0. The Labute approximate surface area is 122 Å². The molecule has 0 saturated carbocycles. The van der Waals surface area contributed by atoms with Gasteiger partial charge in [0.2, 0.25) is 0 Å². The molecule has 0 saturated heterocycles. The lowest BCUT2D eigenvalue weighted by Crippen LogP contribution is -1.85. The van der Waals surface area contributed by atoms with Crippen molar-refractivity contribution in [2.75, 3.05) is 0 Å². The molecule has 2 heterocycles. The second-order valence-corrected chi connectivity index (χ2v) is 4.45. The molecule has 3 rings (SSSR count). The van der Waals surface area contributed by atoms with Crippen LogP contribution in [0.4, 0.5) is 0 Å². The zero-order valence-electron chi connectivity index (χ0n) is 11.2. The summed E-state index contributed by atoms with van der Waals surface area (Å²) in [5.41, 5.74) is 2.22. The molecule has 3 heteroatoms. The molecule has 0 amide bonds. The zero-order valence-corrected chi connectivity index (χ0v) is 11.2. The number of nitriles is 1. The molecule has 0 aliphatic rings. The average Bonchev–Trinajstić information content (AvgIpc) is 3.03. The van der Waals surface area contributed by atoms with E-state index in [9.17, 15) is 0 Å². The van der Waals surface area contributed by atoms with Crippen LogP contribution in [0.15, 0.2) is 65.2 Å². The van der Waals surface area contributed by atoms with Crippen LogP contribution in [0.25, 0.3) is 23.5 Å². The van der Waals surface area contributed by atoms with Gasteiger partial charge in [0.25, 0.3) is 0 Å². The molecule has 0 aliphatic heterocycles. The van der Waals surface area contributed by atoms with Gasteiger partial charge in [-0.1, -0.05) is 30.3 Å². The van der Waals surface area contributed by atoms with E-state index in [4.69, 9.17) is 9.68 Å². The summed E-state index contributed by atoms with van der Waals surface area (Å²) >= 11 is 0. The average molecular weight is 272 g/mol. The minimum Gasteiger partial charge on any atom is -0.457 e. The van der Waals surface area contributed by atoms with Gasteiger partial charge in [0.15, 0.2) is 0 Å². The molecule has 100 valence electrons. The third kappa shape index (κ3) is 2.90. The van der Waals surface area contributed by atoms with Crippen molar-refractivity contribution in [3.05, 3.63) is 77.8 Å². The third-order valence-corrected chi connectivity index (χ3v) is 3.05. The third-order valence-electron chi connectivity index (χ3n) is 3.05. The molecular weight excluding hydrogens is 260 g/mol. The fourth-order valence-corrected chi connectivity index (χ4v) is 2.01. The summed E-state index contributed by atoms with van der Waals surface area (Å²) in [6, 6.07) is 19.3. The molecule has 0 aliphatic carbocycles. The van der Waals surface area contributed by atoms with Crippen LogP contribution in [0, 0.1) is 11.3 Å². The molecule has 2 aromatic heterocycles. The number of nitrogens with zero attached hydrogens (tertiary/aromatic N) is 2. The summed E-state index contributed by atoms with van der Waals surface area (Å²) in [6.07, 6.45) is 5.26. The lowest BCUT2D eigenvalue weighted by molar-refractivity contribution is 0.572. The van der Waals surface area contributed by atoms with E-state index in [1.54, 1.807) is 24.4 Å². The van der Waals surface area contributed by atoms with Crippen molar-refractivity contribution in [1.82, 2.24) is 4.98 Å². The van der Waals surface area contributed by atoms with Crippen LogP contribution in [0.3, 0.4) is 0 Å². The van der Waals surface area contributed by atoms with E-state index in [0.29, 0.717) is 11.3 Å². The number of hydrogen-bond donors (Lipinski definition) is 0. The van der Waals surface area contributed by atoms with Gasteiger partial charge in [0, 0.05) is 11.8 Å². The molecule has 1 aromatic carbocycles. The number of hydrogen-bond acceptors (Lipinski definition) is 3. The second kappa shape index (κ2) is 5.89. The van der Waals surface area contributed by atoms with Crippen LogP contribution >= 0.6 is 0 Å². The van der Waals surface area contributed by atoms with Gasteiger partial charge in [0.05, 0.1) is 11.3 Å². The van der Waals surface area contributed by atoms with Gasteiger partial charge in [-0.05, 0) is 36.4 Å². The Morgan fingerprint density at radius 1 is 0.952 bits per heavy atom. The molecule has 0 bridgehead atoms. The molecule has 0 fully saturated rings. The summed E-state index contributed by atoms with van der Waals surface area (Å²) in [5.74, 6) is 1.54. The first kappa shape index (κ1) is 12.9. The largest absolute Gasteiger partial charge is 0.457 e. The number of rotatable bonds is 3. The van der Waals surface area contributed by atoms with Crippen molar-refractivity contribution in [3.8, 4) is 17.4 Å². The maximum Gasteiger partial charge on any atom is 0.134 e. The Kier molecular flexibility index (Phi) is 3.62. The van der Waals surface area contributed by atoms with Gasteiger partial charge in [-0.15, -0.1) is 0 Å². The Hall–Kier alpha value is -3.12. The van der Waals surface area contributed by atoms with Crippen LogP contribution in [-0.2, 0) is 0 Å². The van der Waals surface area contributed by atoms with Crippen LogP contribution < -0.4 is 0 Å². The van der Waals surface area contributed by atoms with Gasteiger partial charge >= 0.3 is 0 Å². The van der Waals surface area contributed by atoms with Gasteiger partial charge in [-0.2, -0.15) is 5.26 Å². The Balaban J connectivity index is 1.85. The van der Waals surface area contributed by atoms with Crippen molar-refractivity contribution < 1.29 is 4.42 Å². The Bertz CT molecular complexity index is 810. The van der Waals surface area contributed by atoms with E-state index < -0.39 is 0 Å². The molecule has 3 nitrogen and oxygen atoms in total. The van der Waals surface area contributed by atoms with E-state index in [2.05, 4.69) is 11.1 Å². The summed E-state index contributed by atoms with van der Waals surface area (Å²) in [4.78, 5) is 4.18. The van der Waals surface area contributed by atoms with Crippen LogP contribution in [-0.4, -0.2) is 4.98 Å². The lowest BCUT2D eigenvalue weighted by atomic mass is 10.2. The first-order valence-electron chi connectivity index (χ1n) is 6.55. The highest BCUT2D eigenvalue weighted by Gasteiger charge is 2.03. The monoisotopic (exact) mass is 272 g/mol. The van der Waals surface area contributed by atoms with Crippen molar-refractivity contribution in [2.24, 2.45) is 0 Å². The number of benzene rings is 1. The quantitative estimate of drug-likeness (QED) is 0.710. The van der Waals surface area contributed by atoms with E-state index in [1.165, 1.54) is 0 Å². The summed E-state index contributed by atoms with van der Waals surface area (Å²) < 4.78 is 5.77. The molecular formula is C18H12N2O. The molecule has 0 atom stereocenters. The highest BCUT2D eigenvalue weighted by Crippen LogP contribution is 2.22. The topological polar surface area (TPSA) is 49.8 Å². The van der Waals surface area contributed by atoms with E-state index in [1.807, 2.05) is 48.5 Å². The first-order chi connectivity index (χ1) is 10.4. The minimum atomic E-state index is 0.545.